The smallest absolute Gasteiger partial charge is 0.0682 e. The molecule has 5 aliphatic rings. The molecule has 5 aliphatic carbocycles. The van der Waals surface area contributed by atoms with Gasteiger partial charge in [0.25, 0.3) is 0 Å². The highest BCUT2D eigenvalue weighted by atomic mass is 16.3. The van der Waals surface area contributed by atoms with Crippen molar-refractivity contribution >= 4 is 0 Å². The van der Waals surface area contributed by atoms with E-state index in [2.05, 4.69) is 26.8 Å². The predicted molar refractivity (Wildman–Crippen MR) is 123 cm³/mol. The molecule has 4 saturated carbocycles. The normalized spacial score (nSPS) is 47.6. The molecular weight excluding hydrogens is 368 g/mol. The van der Waals surface area contributed by atoms with E-state index in [9.17, 15) is 10.2 Å². The Morgan fingerprint density at radius 2 is 1.80 bits per heavy atom. The summed E-state index contributed by atoms with van der Waals surface area (Å²) in [6.07, 6.45) is 19.4. The first-order chi connectivity index (χ1) is 14.3. The molecule has 4 fully saturated rings. The lowest BCUT2D eigenvalue weighted by Gasteiger charge is -2.55. The molecule has 2 N–H and O–H groups in total. The second kappa shape index (κ2) is 7.62. The van der Waals surface area contributed by atoms with Crippen LogP contribution in [-0.2, 0) is 0 Å². The maximum absolute atomic E-state index is 10.9. The minimum absolute atomic E-state index is 0.268. The van der Waals surface area contributed by atoms with Gasteiger partial charge in [-0.25, -0.2) is 0 Å². The number of rotatable bonds is 6. The van der Waals surface area contributed by atoms with Crippen LogP contribution in [0.1, 0.15) is 111 Å². The van der Waals surface area contributed by atoms with Crippen molar-refractivity contribution < 1.29 is 10.2 Å². The van der Waals surface area contributed by atoms with Crippen LogP contribution < -0.4 is 0 Å². The molecule has 0 bridgehead atoms. The van der Waals surface area contributed by atoms with Gasteiger partial charge in [-0.2, -0.15) is 0 Å². The average molecular weight is 415 g/mol. The summed E-state index contributed by atoms with van der Waals surface area (Å²) in [4.78, 5) is 0. The van der Waals surface area contributed by atoms with Gasteiger partial charge in [-0.3, -0.25) is 0 Å². The lowest BCUT2D eigenvalue weighted by Crippen LogP contribution is -2.48. The zero-order valence-electron chi connectivity index (χ0n) is 19.8. The maximum Gasteiger partial charge on any atom is 0.0682 e. The Morgan fingerprint density at radius 3 is 2.53 bits per heavy atom. The molecule has 0 amide bonds. The van der Waals surface area contributed by atoms with E-state index in [1.54, 1.807) is 5.57 Å². The van der Waals surface area contributed by atoms with Gasteiger partial charge in [0.2, 0.25) is 0 Å². The molecule has 5 rings (SSSR count). The molecule has 2 heteroatoms. The monoisotopic (exact) mass is 414 g/mol. The van der Waals surface area contributed by atoms with Crippen molar-refractivity contribution in [3.63, 3.8) is 0 Å². The largest absolute Gasteiger partial charge is 0.390 e. The Hall–Kier alpha value is -0.340. The quantitative estimate of drug-likeness (QED) is 0.478. The van der Waals surface area contributed by atoms with Crippen LogP contribution >= 0.6 is 0 Å². The van der Waals surface area contributed by atoms with Crippen LogP contribution in [0.25, 0.3) is 0 Å². The van der Waals surface area contributed by atoms with E-state index in [1.807, 2.05) is 0 Å². The van der Waals surface area contributed by atoms with Gasteiger partial charge in [-0.15, -0.1) is 0 Å². The molecule has 0 spiro atoms. The lowest BCUT2D eigenvalue weighted by atomic mass is 9.50. The number of aliphatic hydroxyl groups is 2. The third-order valence-electron chi connectivity index (χ3n) is 11.1. The average Bonchev–Trinajstić information content (AvgIpc) is 3.34. The second-order valence-corrected chi connectivity index (χ2v) is 12.7. The summed E-state index contributed by atoms with van der Waals surface area (Å²) in [5, 5.41) is 21.1. The van der Waals surface area contributed by atoms with Crippen LogP contribution in [0.4, 0.5) is 0 Å². The fraction of sp³-hybridized carbons (Fsp3) is 0.929. The van der Waals surface area contributed by atoms with E-state index in [0.717, 1.165) is 74.0 Å². The van der Waals surface area contributed by atoms with Crippen molar-refractivity contribution in [2.24, 2.45) is 40.9 Å². The summed E-state index contributed by atoms with van der Waals surface area (Å²) >= 11 is 0. The molecule has 170 valence electrons. The Morgan fingerprint density at radius 1 is 1.00 bits per heavy atom. The fourth-order valence-electron chi connectivity index (χ4n) is 8.99. The Labute approximate surface area is 184 Å². The minimum Gasteiger partial charge on any atom is -0.390 e. The van der Waals surface area contributed by atoms with Crippen molar-refractivity contribution in [3.05, 3.63) is 11.6 Å². The van der Waals surface area contributed by atoms with E-state index < -0.39 is 5.60 Å². The van der Waals surface area contributed by atoms with Gasteiger partial charge in [0.15, 0.2) is 0 Å². The molecule has 0 radical (unpaired) electrons. The second-order valence-electron chi connectivity index (χ2n) is 12.7. The molecule has 0 aromatic carbocycles. The lowest BCUT2D eigenvalue weighted by molar-refractivity contribution is -0.0461. The van der Waals surface area contributed by atoms with Crippen molar-refractivity contribution in [2.75, 3.05) is 0 Å². The summed E-state index contributed by atoms with van der Waals surface area (Å²) in [6.45, 7) is 7.34. The number of hydrogen-bond acceptors (Lipinski definition) is 2. The Kier molecular flexibility index (Phi) is 5.46. The maximum atomic E-state index is 10.9. The number of hydrogen-bond donors (Lipinski definition) is 2. The fourth-order valence-corrected chi connectivity index (χ4v) is 8.99. The molecule has 0 aromatic rings. The van der Waals surface area contributed by atoms with E-state index in [1.165, 1.54) is 51.4 Å². The highest BCUT2D eigenvalue weighted by Gasteiger charge is 2.57. The first-order valence-corrected chi connectivity index (χ1v) is 13.4. The van der Waals surface area contributed by atoms with Gasteiger partial charge in [-0.1, -0.05) is 45.3 Å². The summed E-state index contributed by atoms with van der Waals surface area (Å²) in [6, 6.07) is 0. The van der Waals surface area contributed by atoms with Crippen LogP contribution in [0.2, 0.25) is 0 Å². The van der Waals surface area contributed by atoms with E-state index in [0.29, 0.717) is 5.41 Å². The summed E-state index contributed by atoms with van der Waals surface area (Å²) in [7, 11) is 0. The molecule has 1 unspecified atom stereocenters. The summed E-state index contributed by atoms with van der Waals surface area (Å²) < 4.78 is 0. The van der Waals surface area contributed by atoms with Crippen molar-refractivity contribution in [3.8, 4) is 0 Å². The van der Waals surface area contributed by atoms with Crippen molar-refractivity contribution in [1.82, 2.24) is 0 Å². The minimum atomic E-state index is -0.417. The number of fused-ring (bicyclic) bond motifs is 5. The van der Waals surface area contributed by atoms with Crippen molar-refractivity contribution in [2.45, 2.75) is 122 Å². The molecular formula is C28H46O2. The zero-order valence-corrected chi connectivity index (χ0v) is 19.8. The standard InChI is InChI=1S/C28H46O2/c1-4-27(29)15-12-21-20(18-27)7-8-23-22(21)11-14-26(3)24(9-10-25(23)26)19(2)6-5-13-28(30)16-17-28/h7,19,21-25,29-30H,4-6,8-18H2,1-3H3/t19?,21-,22+,23+,24+,25-,26+,27-/m0/s1. The molecule has 0 aliphatic heterocycles. The summed E-state index contributed by atoms with van der Waals surface area (Å²) in [5.41, 5.74) is 1.48. The van der Waals surface area contributed by atoms with Gasteiger partial charge in [0.05, 0.1) is 11.2 Å². The topological polar surface area (TPSA) is 40.5 Å². The van der Waals surface area contributed by atoms with E-state index in [-0.39, 0.29) is 5.60 Å². The van der Waals surface area contributed by atoms with Crippen LogP contribution in [-0.4, -0.2) is 21.4 Å². The molecule has 0 heterocycles. The third kappa shape index (κ3) is 3.62. The van der Waals surface area contributed by atoms with Crippen LogP contribution in [0.15, 0.2) is 11.6 Å². The Bertz CT molecular complexity index is 678. The van der Waals surface area contributed by atoms with E-state index in [4.69, 9.17) is 0 Å². The SMILES string of the molecule is CC[C@]1(O)CC[C@H]2C(=CC[C@@H]3[C@@H]2CC[C@]2(C)[C@@H](C(C)CCCC4(O)CC4)CC[C@@H]32)C1. The molecule has 30 heavy (non-hydrogen) atoms. The first-order valence-electron chi connectivity index (χ1n) is 13.4. The molecule has 8 atom stereocenters. The van der Waals surface area contributed by atoms with Gasteiger partial charge in [0, 0.05) is 0 Å². The van der Waals surface area contributed by atoms with Crippen LogP contribution in [0, 0.1) is 40.9 Å². The Balaban J connectivity index is 1.26. The third-order valence-corrected chi connectivity index (χ3v) is 11.1. The van der Waals surface area contributed by atoms with Gasteiger partial charge in [-0.05, 0) is 118 Å². The van der Waals surface area contributed by atoms with Crippen LogP contribution in [0.5, 0.6) is 0 Å². The molecule has 2 nitrogen and oxygen atoms in total. The van der Waals surface area contributed by atoms with Crippen molar-refractivity contribution in [1.29, 1.82) is 0 Å². The van der Waals surface area contributed by atoms with Gasteiger partial charge in [0.1, 0.15) is 0 Å². The summed E-state index contributed by atoms with van der Waals surface area (Å²) in [5.74, 6) is 5.18. The first kappa shape index (κ1) is 21.5. The van der Waals surface area contributed by atoms with Crippen LogP contribution in [0.3, 0.4) is 0 Å². The predicted octanol–water partition coefficient (Wildman–Crippen LogP) is 6.65. The zero-order chi connectivity index (χ0) is 21.1. The van der Waals surface area contributed by atoms with Gasteiger partial charge < -0.3 is 10.2 Å². The molecule has 0 saturated heterocycles. The van der Waals surface area contributed by atoms with E-state index >= 15 is 0 Å². The number of allylic oxidation sites excluding steroid dienone is 1. The highest BCUT2D eigenvalue weighted by Crippen LogP contribution is 2.65. The van der Waals surface area contributed by atoms with Gasteiger partial charge >= 0.3 is 0 Å². The highest BCUT2D eigenvalue weighted by molar-refractivity contribution is 5.22. The molecule has 0 aromatic heterocycles.